The minimum Gasteiger partial charge on any atom is -0.844 e. The van der Waals surface area contributed by atoms with E-state index in [2.05, 4.69) is 38.2 Å². The number of carbonyl (C=O) groups excluding carboxylic acids is 2. The third-order valence-corrected chi connectivity index (χ3v) is 8.46. The number of hydrogen-bond donors (Lipinski definition) is 0. The molecule has 0 rings (SSSR count). The van der Waals surface area contributed by atoms with Gasteiger partial charge in [-0.1, -0.05) is 168 Å². The molecule has 0 saturated heterocycles. The molecule has 0 aliphatic rings. The van der Waals surface area contributed by atoms with Crippen molar-refractivity contribution in [2.24, 2.45) is 0 Å². The van der Waals surface area contributed by atoms with E-state index < -0.39 is 24.1 Å². The van der Waals surface area contributed by atoms with Crippen LogP contribution in [0.25, 0.3) is 0 Å². The maximum absolute atomic E-state index is 11.0. The molecule has 7 heteroatoms. The van der Waals surface area contributed by atoms with Crippen LogP contribution in [0.2, 0.25) is 0 Å². The van der Waals surface area contributed by atoms with Crippen LogP contribution in [-0.4, -0.2) is 37.4 Å². The third kappa shape index (κ3) is 47.0. The van der Waals surface area contributed by atoms with Crippen LogP contribution in [-0.2, 0) is 38.5 Å². The number of ether oxygens (including phenoxy) is 2. The zero-order chi connectivity index (χ0) is 35.8. The number of rotatable bonds is 34. The van der Waals surface area contributed by atoms with E-state index >= 15 is 0 Å². The Morgan fingerprint density at radius 3 is 0.898 bits per heavy atom. The van der Waals surface area contributed by atoms with E-state index in [1.807, 2.05) is 0 Å². The van der Waals surface area contributed by atoms with Crippen molar-refractivity contribution in [2.45, 2.75) is 220 Å². The van der Waals surface area contributed by atoms with Crippen LogP contribution >= 0.6 is 0 Å². The first kappa shape index (κ1) is 52.3. The van der Waals surface area contributed by atoms with Gasteiger partial charge in [-0.3, -0.25) is 9.59 Å². The van der Waals surface area contributed by atoms with Crippen LogP contribution in [0.4, 0.5) is 0 Å². The Morgan fingerprint density at radius 2 is 0.653 bits per heavy atom. The summed E-state index contributed by atoms with van der Waals surface area (Å²) in [5.41, 5.74) is 0. The first-order valence-electron chi connectivity index (χ1n) is 20.3. The van der Waals surface area contributed by atoms with Gasteiger partial charge in [0, 0.05) is 0 Å². The summed E-state index contributed by atoms with van der Waals surface area (Å²) in [5.74, 6) is -1.24. The molecule has 0 aromatic carbocycles. The second-order valence-electron chi connectivity index (χ2n) is 13.5. The Balaban J connectivity index is -0.000000846. The van der Waals surface area contributed by atoms with E-state index in [0.29, 0.717) is 13.2 Å². The number of allylic oxidation sites excluding steroid dienone is 4. The van der Waals surface area contributed by atoms with Crippen LogP contribution in [0, 0.1) is 0 Å². The predicted molar refractivity (Wildman–Crippen MR) is 200 cm³/mol. The molecule has 0 spiro atoms. The number of esters is 2. The van der Waals surface area contributed by atoms with E-state index in [4.69, 9.17) is 9.47 Å². The Bertz CT molecular complexity index is 662. The van der Waals surface area contributed by atoms with Gasteiger partial charge in [-0.2, -0.15) is 0 Å². The van der Waals surface area contributed by atoms with Gasteiger partial charge in [0.1, 0.15) is 0 Å². The monoisotopic (exact) mass is 743 g/mol. The zero-order valence-corrected chi connectivity index (χ0v) is 35.8. The summed E-state index contributed by atoms with van der Waals surface area (Å²) in [5, 5.41) is 21.5. The topological polar surface area (TPSA) is 98.7 Å². The van der Waals surface area contributed by atoms with Gasteiger partial charge in [0.2, 0.25) is 0 Å². The normalized spacial score (nSPS) is 12.4. The van der Waals surface area contributed by atoms with Crippen molar-refractivity contribution >= 4 is 11.9 Å². The first-order chi connectivity index (χ1) is 23.4. The first-order valence-corrected chi connectivity index (χ1v) is 20.3. The number of carbonyl (C=O) groups is 2. The van der Waals surface area contributed by atoms with Gasteiger partial charge in [-0.25, -0.2) is 0 Å². The van der Waals surface area contributed by atoms with E-state index in [1.165, 1.54) is 168 Å². The van der Waals surface area contributed by atoms with Crippen molar-refractivity contribution in [2.75, 3.05) is 13.2 Å². The van der Waals surface area contributed by atoms with Crippen molar-refractivity contribution < 1.29 is 48.8 Å². The van der Waals surface area contributed by atoms with Crippen molar-refractivity contribution in [3.63, 3.8) is 0 Å². The molecule has 2 unspecified atom stereocenters. The van der Waals surface area contributed by atoms with E-state index in [-0.39, 0.29) is 19.5 Å². The molecule has 0 fully saturated rings. The summed E-state index contributed by atoms with van der Waals surface area (Å²) in [4.78, 5) is 21.9. The molecule has 49 heavy (non-hydrogen) atoms. The van der Waals surface area contributed by atoms with Gasteiger partial charge in [0.25, 0.3) is 11.9 Å². The molecule has 0 amide bonds. The largest absolute Gasteiger partial charge is 2.00 e. The van der Waals surface area contributed by atoms with Gasteiger partial charge < -0.3 is 19.7 Å². The Hall–Kier alpha value is -1.04. The van der Waals surface area contributed by atoms with Crippen LogP contribution in [0.1, 0.15) is 207 Å². The minimum atomic E-state index is -1.25. The molecule has 0 N–H and O–H groups in total. The van der Waals surface area contributed by atoms with E-state index in [1.54, 1.807) is 0 Å². The SMILES string of the molecule is CCCCCCCC/C=C\CCCCCCCCOC(=O)C(C)[O-].CCCCCCCC/C=C\CCCCCCCCOC(=O)C(C)[O-].[Zn+2]. The van der Waals surface area contributed by atoms with Gasteiger partial charge in [0.05, 0.1) is 13.2 Å². The fourth-order valence-corrected chi connectivity index (χ4v) is 5.28. The van der Waals surface area contributed by atoms with Crippen LogP contribution in [0.3, 0.4) is 0 Å². The molecule has 0 saturated carbocycles. The van der Waals surface area contributed by atoms with Crippen LogP contribution in [0.5, 0.6) is 0 Å². The molecule has 6 nitrogen and oxygen atoms in total. The fraction of sp³-hybridized carbons (Fsp3) is 0.857. The van der Waals surface area contributed by atoms with Gasteiger partial charge in [-0.15, -0.1) is 0 Å². The number of unbranched alkanes of at least 4 members (excludes halogenated alkanes) is 24. The third-order valence-electron chi connectivity index (χ3n) is 8.46. The summed E-state index contributed by atoms with van der Waals surface area (Å²) < 4.78 is 9.72. The van der Waals surface area contributed by atoms with Gasteiger partial charge >= 0.3 is 19.5 Å². The van der Waals surface area contributed by atoms with Gasteiger partial charge in [-0.05, 0) is 76.4 Å². The minimum absolute atomic E-state index is 0. The molecular weight excluding hydrogens is 666 g/mol. The molecule has 0 radical (unpaired) electrons. The Labute approximate surface area is 316 Å². The molecule has 0 bridgehead atoms. The van der Waals surface area contributed by atoms with Crippen molar-refractivity contribution in [1.29, 1.82) is 0 Å². The molecule has 0 aliphatic carbocycles. The van der Waals surface area contributed by atoms with E-state index in [0.717, 1.165) is 25.7 Å². The maximum Gasteiger partial charge on any atom is 2.00 e. The molecular formula is C42H78O6Zn. The van der Waals surface area contributed by atoms with Gasteiger partial charge in [0.15, 0.2) is 0 Å². The summed E-state index contributed by atoms with van der Waals surface area (Å²) in [6.45, 7) is 7.96. The predicted octanol–water partition coefficient (Wildman–Crippen LogP) is 10.6. The van der Waals surface area contributed by atoms with Crippen molar-refractivity contribution in [1.82, 2.24) is 0 Å². The average molecular weight is 744 g/mol. The van der Waals surface area contributed by atoms with Crippen LogP contribution in [0.15, 0.2) is 24.3 Å². The Morgan fingerprint density at radius 1 is 0.429 bits per heavy atom. The summed E-state index contributed by atoms with van der Waals surface area (Å²) in [7, 11) is 0. The summed E-state index contributed by atoms with van der Waals surface area (Å²) in [6, 6.07) is 0. The molecule has 0 aromatic heterocycles. The molecule has 2 atom stereocenters. The maximum atomic E-state index is 11.0. The standard InChI is InChI=1S/2C21H39O3.Zn/c2*1-3-4-5-6-7-8-9-10-11-12-13-14-15-16-17-18-19-24-21(23)20(2)22;/h2*10-11,20H,3-9,12-19H2,1-2H3;/q2*-1;+2/b2*11-10-;. The number of hydrogen-bond acceptors (Lipinski definition) is 6. The zero-order valence-electron chi connectivity index (χ0n) is 32.8. The van der Waals surface area contributed by atoms with Crippen molar-refractivity contribution in [3.8, 4) is 0 Å². The molecule has 0 aromatic rings. The van der Waals surface area contributed by atoms with Crippen molar-refractivity contribution in [3.05, 3.63) is 24.3 Å². The summed E-state index contributed by atoms with van der Waals surface area (Å²) in [6.07, 6.45) is 42.1. The quantitative estimate of drug-likeness (QED) is 0.0282. The second-order valence-corrected chi connectivity index (χ2v) is 13.5. The molecule has 284 valence electrons. The fourth-order valence-electron chi connectivity index (χ4n) is 5.28. The molecule has 0 heterocycles. The second kappa shape index (κ2) is 45.0. The molecule has 0 aliphatic heterocycles. The Kier molecular flexibility index (Phi) is 48.0. The smallest absolute Gasteiger partial charge is 0.844 e. The van der Waals surface area contributed by atoms with Crippen LogP contribution < -0.4 is 10.2 Å². The average Bonchev–Trinajstić information content (AvgIpc) is 3.07. The summed E-state index contributed by atoms with van der Waals surface area (Å²) >= 11 is 0. The van der Waals surface area contributed by atoms with E-state index in [9.17, 15) is 19.8 Å².